The van der Waals surface area contributed by atoms with Crippen molar-refractivity contribution in [3.63, 3.8) is 0 Å². The molecule has 0 aliphatic carbocycles. The highest BCUT2D eigenvalue weighted by Gasteiger charge is 2.17. The Morgan fingerprint density at radius 2 is 2.31 bits per heavy atom. The summed E-state index contributed by atoms with van der Waals surface area (Å²) >= 11 is 3.02. The summed E-state index contributed by atoms with van der Waals surface area (Å²) in [5, 5.41) is 8.40. The topological polar surface area (TPSA) is 44.1 Å². The lowest BCUT2D eigenvalue weighted by molar-refractivity contribution is 0.0793. The van der Waals surface area contributed by atoms with Gasteiger partial charge in [0.2, 0.25) is 0 Å². The normalized spacial score (nSPS) is 9.62. The van der Waals surface area contributed by atoms with Crippen molar-refractivity contribution < 1.29 is 9.18 Å². The van der Waals surface area contributed by atoms with Gasteiger partial charge in [0.25, 0.3) is 5.91 Å². The maximum Gasteiger partial charge on any atom is 0.256 e. The summed E-state index contributed by atoms with van der Waals surface area (Å²) in [5.74, 6) is -0.995. The molecule has 0 bridgehead atoms. The average molecular weight is 285 g/mol. The zero-order chi connectivity index (χ0) is 12.1. The zero-order valence-corrected chi connectivity index (χ0v) is 10.3. The van der Waals surface area contributed by atoms with Crippen LogP contribution < -0.4 is 0 Å². The van der Waals surface area contributed by atoms with Crippen molar-refractivity contribution in [2.24, 2.45) is 0 Å². The minimum Gasteiger partial charge on any atom is -0.341 e. The van der Waals surface area contributed by atoms with Crippen molar-refractivity contribution in [2.45, 2.75) is 6.42 Å². The van der Waals surface area contributed by atoms with E-state index in [0.29, 0.717) is 6.54 Å². The molecule has 0 saturated heterocycles. The van der Waals surface area contributed by atoms with E-state index in [1.165, 1.54) is 17.0 Å². The van der Waals surface area contributed by atoms with E-state index in [-0.39, 0.29) is 16.5 Å². The monoisotopic (exact) mass is 284 g/mol. The Morgan fingerprint density at radius 1 is 1.62 bits per heavy atom. The smallest absolute Gasteiger partial charge is 0.256 e. The van der Waals surface area contributed by atoms with Crippen LogP contribution in [0.5, 0.6) is 0 Å². The Balaban J connectivity index is 2.89. The predicted octanol–water partition coefficient (Wildman–Crippen LogP) is 2.57. The van der Waals surface area contributed by atoms with Crippen molar-refractivity contribution in [3.05, 3.63) is 34.1 Å². The molecule has 3 nitrogen and oxygen atoms in total. The number of hydrogen-bond donors (Lipinski definition) is 0. The Kier molecular flexibility index (Phi) is 4.44. The molecule has 0 saturated carbocycles. The molecule has 1 aromatic carbocycles. The van der Waals surface area contributed by atoms with E-state index in [1.54, 1.807) is 13.1 Å². The molecule has 1 rings (SSSR count). The lowest BCUT2D eigenvalue weighted by atomic mass is 10.2. The Morgan fingerprint density at radius 3 is 2.94 bits per heavy atom. The van der Waals surface area contributed by atoms with Crippen molar-refractivity contribution in [3.8, 4) is 6.07 Å². The second kappa shape index (κ2) is 5.61. The average Bonchev–Trinajstić information content (AvgIpc) is 2.28. The van der Waals surface area contributed by atoms with Crippen LogP contribution in [0.25, 0.3) is 0 Å². The molecule has 16 heavy (non-hydrogen) atoms. The largest absolute Gasteiger partial charge is 0.341 e. The first kappa shape index (κ1) is 12.7. The quantitative estimate of drug-likeness (QED) is 0.856. The highest BCUT2D eigenvalue weighted by Crippen LogP contribution is 2.19. The molecule has 1 aromatic rings. The number of nitrogens with zero attached hydrogens (tertiary/aromatic N) is 2. The molecule has 0 aliphatic rings. The third kappa shape index (κ3) is 2.80. The predicted molar refractivity (Wildman–Crippen MR) is 61.3 cm³/mol. The van der Waals surface area contributed by atoms with Crippen LogP contribution in [0.1, 0.15) is 16.8 Å². The van der Waals surface area contributed by atoms with Gasteiger partial charge in [-0.15, -0.1) is 0 Å². The number of carbonyl (C=O) groups excluding carboxylic acids is 1. The molecule has 0 atom stereocenters. The molecule has 0 N–H and O–H groups in total. The second-order valence-electron chi connectivity index (χ2n) is 3.24. The first-order valence-electron chi connectivity index (χ1n) is 4.64. The highest BCUT2D eigenvalue weighted by molar-refractivity contribution is 9.10. The number of halogens is 2. The fraction of sp³-hybridized carbons (Fsp3) is 0.273. The van der Waals surface area contributed by atoms with Gasteiger partial charge in [-0.25, -0.2) is 4.39 Å². The summed E-state index contributed by atoms with van der Waals surface area (Å²) in [6, 6.07) is 6.48. The molecule has 0 aromatic heterocycles. The van der Waals surface area contributed by atoms with Gasteiger partial charge in [0.15, 0.2) is 0 Å². The van der Waals surface area contributed by atoms with E-state index in [0.717, 1.165) is 0 Å². The summed E-state index contributed by atoms with van der Waals surface area (Å²) in [4.78, 5) is 13.1. The van der Waals surface area contributed by atoms with Crippen molar-refractivity contribution in [2.75, 3.05) is 13.6 Å². The Hall–Kier alpha value is -1.41. The molecule has 1 amide bonds. The summed E-state index contributed by atoms with van der Waals surface area (Å²) < 4.78 is 13.8. The van der Waals surface area contributed by atoms with Crippen LogP contribution in [0.15, 0.2) is 22.7 Å². The van der Waals surface area contributed by atoms with Crippen molar-refractivity contribution >= 4 is 21.8 Å². The molecule has 0 heterocycles. The van der Waals surface area contributed by atoms with E-state index >= 15 is 0 Å². The van der Waals surface area contributed by atoms with Gasteiger partial charge in [-0.1, -0.05) is 6.07 Å². The number of benzene rings is 1. The number of rotatable bonds is 3. The maximum absolute atomic E-state index is 13.6. The number of hydrogen-bond acceptors (Lipinski definition) is 2. The lowest BCUT2D eigenvalue weighted by Crippen LogP contribution is -2.28. The molecule has 5 heteroatoms. The van der Waals surface area contributed by atoms with Gasteiger partial charge in [-0.2, -0.15) is 5.26 Å². The second-order valence-corrected chi connectivity index (χ2v) is 4.09. The first-order chi connectivity index (χ1) is 7.57. The zero-order valence-electron chi connectivity index (χ0n) is 8.70. The van der Waals surface area contributed by atoms with E-state index in [4.69, 9.17) is 5.26 Å². The highest BCUT2D eigenvalue weighted by atomic mass is 79.9. The maximum atomic E-state index is 13.6. The third-order valence-electron chi connectivity index (χ3n) is 2.09. The summed E-state index contributed by atoms with van der Waals surface area (Å²) in [6.07, 6.45) is 0.234. The molecule has 0 radical (unpaired) electrons. The van der Waals surface area contributed by atoms with Gasteiger partial charge in [0.05, 0.1) is 22.5 Å². The van der Waals surface area contributed by atoms with Crippen LogP contribution in [0, 0.1) is 17.1 Å². The van der Waals surface area contributed by atoms with Crippen LogP contribution >= 0.6 is 15.9 Å². The number of carbonyl (C=O) groups is 1. The summed E-state index contributed by atoms with van der Waals surface area (Å²) in [7, 11) is 1.54. The van der Waals surface area contributed by atoms with Crippen LogP contribution in [0.4, 0.5) is 4.39 Å². The number of nitriles is 1. The Bertz CT molecular complexity index is 442. The van der Waals surface area contributed by atoms with Crippen molar-refractivity contribution in [1.29, 1.82) is 5.26 Å². The minimum atomic E-state index is -0.573. The molecule has 0 unspecified atom stereocenters. The number of amides is 1. The van der Waals surface area contributed by atoms with E-state index in [9.17, 15) is 9.18 Å². The van der Waals surface area contributed by atoms with Crippen LogP contribution in [-0.4, -0.2) is 24.4 Å². The third-order valence-corrected chi connectivity index (χ3v) is 2.70. The molecule has 84 valence electrons. The van der Waals surface area contributed by atoms with E-state index in [2.05, 4.69) is 15.9 Å². The van der Waals surface area contributed by atoms with Gasteiger partial charge in [0, 0.05) is 13.6 Å². The van der Waals surface area contributed by atoms with Gasteiger partial charge < -0.3 is 4.90 Å². The SMILES string of the molecule is CN(CCC#N)C(=O)c1cccc(Br)c1F. The minimum absolute atomic E-state index is 0.00909. The van der Waals surface area contributed by atoms with E-state index in [1.807, 2.05) is 6.07 Å². The van der Waals surface area contributed by atoms with E-state index < -0.39 is 11.7 Å². The van der Waals surface area contributed by atoms with Crippen LogP contribution in [0.2, 0.25) is 0 Å². The summed E-state index contributed by atoms with van der Waals surface area (Å²) in [5.41, 5.74) is 0.00909. The molecule has 0 aliphatic heterocycles. The standard InChI is InChI=1S/C11H10BrFN2O/c1-15(7-3-6-14)11(16)8-4-2-5-9(12)10(8)13/h2,4-5H,3,7H2,1H3. The molecule has 0 spiro atoms. The first-order valence-corrected chi connectivity index (χ1v) is 5.43. The fourth-order valence-electron chi connectivity index (χ4n) is 1.19. The molecular weight excluding hydrogens is 275 g/mol. The molecular formula is C11H10BrFN2O. The van der Waals surface area contributed by atoms with Crippen LogP contribution in [0.3, 0.4) is 0 Å². The lowest BCUT2D eigenvalue weighted by Gasteiger charge is -2.15. The van der Waals surface area contributed by atoms with Gasteiger partial charge in [-0.05, 0) is 28.1 Å². The van der Waals surface area contributed by atoms with Crippen molar-refractivity contribution in [1.82, 2.24) is 4.90 Å². The van der Waals surface area contributed by atoms with Gasteiger partial charge >= 0.3 is 0 Å². The summed E-state index contributed by atoms with van der Waals surface area (Å²) in [6.45, 7) is 0.293. The van der Waals surface area contributed by atoms with Gasteiger partial charge in [-0.3, -0.25) is 4.79 Å². The fourth-order valence-corrected chi connectivity index (χ4v) is 1.56. The Labute approximate surface area is 102 Å². The van der Waals surface area contributed by atoms with Crippen LogP contribution in [-0.2, 0) is 0 Å². The van der Waals surface area contributed by atoms with Gasteiger partial charge in [0.1, 0.15) is 5.82 Å². The molecule has 0 fully saturated rings.